The maximum Gasteiger partial charge on any atom is 0.316 e. The fraction of sp³-hybridized carbons (Fsp3) is 0.320. The Morgan fingerprint density at radius 3 is 1.93 bits per heavy atom. The van der Waals surface area contributed by atoms with Crippen LogP contribution in [0.5, 0.6) is 0 Å². The van der Waals surface area contributed by atoms with Crippen molar-refractivity contribution in [3.63, 3.8) is 0 Å². The van der Waals surface area contributed by atoms with Crippen molar-refractivity contribution in [1.82, 2.24) is 0 Å². The van der Waals surface area contributed by atoms with Crippen molar-refractivity contribution >= 4 is 5.97 Å². The molecule has 0 aliphatic carbocycles. The zero-order valence-corrected chi connectivity index (χ0v) is 17.0. The quantitative estimate of drug-likeness (QED) is 0.591. The second-order valence-corrected chi connectivity index (χ2v) is 7.78. The lowest BCUT2D eigenvalue weighted by Crippen LogP contribution is -2.49. The summed E-state index contributed by atoms with van der Waals surface area (Å²) in [5, 5.41) is 0. The highest BCUT2D eigenvalue weighted by Gasteiger charge is 2.43. The van der Waals surface area contributed by atoms with E-state index in [1.54, 1.807) is 6.92 Å². The highest BCUT2D eigenvalue weighted by molar-refractivity contribution is 5.76. The van der Waals surface area contributed by atoms with Crippen LogP contribution in [0.15, 0.2) is 48.5 Å². The standard InChI is InChI=1S/C25H24O4/c1-5-19-6-8-20(9-7-19)10-11-21-12-14-22(15-13-21)16-27-23(26)25(4)17-28-24(2,3)29-18-25/h1,6-9,12-15H,16-18H2,2-4H3. The molecule has 0 atom stereocenters. The van der Waals surface area contributed by atoms with Gasteiger partial charge in [0.15, 0.2) is 5.79 Å². The van der Waals surface area contributed by atoms with Gasteiger partial charge in [-0.3, -0.25) is 4.79 Å². The van der Waals surface area contributed by atoms with Gasteiger partial charge in [0.2, 0.25) is 0 Å². The van der Waals surface area contributed by atoms with E-state index in [4.69, 9.17) is 20.6 Å². The van der Waals surface area contributed by atoms with Crippen molar-refractivity contribution in [3.8, 4) is 24.2 Å². The molecule has 148 valence electrons. The lowest BCUT2D eigenvalue weighted by Gasteiger charge is -2.39. The molecule has 4 nitrogen and oxygen atoms in total. The second kappa shape index (κ2) is 8.53. The molecular formula is C25H24O4. The molecule has 2 aromatic carbocycles. The topological polar surface area (TPSA) is 44.8 Å². The van der Waals surface area contributed by atoms with Gasteiger partial charge >= 0.3 is 5.97 Å². The van der Waals surface area contributed by atoms with Gasteiger partial charge < -0.3 is 14.2 Å². The maximum absolute atomic E-state index is 12.5. The van der Waals surface area contributed by atoms with Gasteiger partial charge in [-0.2, -0.15) is 0 Å². The summed E-state index contributed by atoms with van der Waals surface area (Å²) >= 11 is 0. The normalized spacial score (nSPS) is 16.8. The monoisotopic (exact) mass is 388 g/mol. The van der Waals surface area contributed by atoms with Crippen LogP contribution in [0.25, 0.3) is 0 Å². The summed E-state index contributed by atoms with van der Waals surface area (Å²) < 4.78 is 16.7. The van der Waals surface area contributed by atoms with Crippen LogP contribution in [-0.4, -0.2) is 25.0 Å². The van der Waals surface area contributed by atoms with Crippen molar-refractivity contribution < 1.29 is 19.0 Å². The van der Waals surface area contributed by atoms with E-state index in [-0.39, 0.29) is 25.8 Å². The number of hydrogen-bond acceptors (Lipinski definition) is 4. The second-order valence-electron chi connectivity index (χ2n) is 7.78. The van der Waals surface area contributed by atoms with Gasteiger partial charge in [0.25, 0.3) is 0 Å². The summed E-state index contributed by atoms with van der Waals surface area (Å²) in [4.78, 5) is 12.5. The minimum atomic E-state index is -0.796. The largest absolute Gasteiger partial charge is 0.460 e. The van der Waals surface area contributed by atoms with Crippen LogP contribution in [0.3, 0.4) is 0 Å². The maximum atomic E-state index is 12.5. The van der Waals surface area contributed by atoms with E-state index in [9.17, 15) is 4.79 Å². The molecule has 2 aromatic rings. The Labute approximate surface area is 172 Å². The van der Waals surface area contributed by atoms with Gasteiger partial charge in [-0.15, -0.1) is 6.42 Å². The van der Waals surface area contributed by atoms with Crippen LogP contribution < -0.4 is 0 Å². The number of benzene rings is 2. The molecule has 1 aliphatic heterocycles. The molecule has 1 heterocycles. The molecule has 1 saturated heterocycles. The number of ether oxygens (including phenoxy) is 3. The predicted molar refractivity (Wildman–Crippen MR) is 111 cm³/mol. The first-order chi connectivity index (χ1) is 13.8. The van der Waals surface area contributed by atoms with E-state index in [0.29, 0.717) is 0 Å². The number of esters is 1. The molecule has 0 saturated carbocycles. The van der Waals surface area contributed by atoms with E-state index in [1.165, 1.54) is 0 Å². The molecule has 0 bridgehead atoms. The Morgan fingerprint density at radius 1 is 0.931 bits per heavy atom. The molecular weight excluding hydrogens is 364 g/mol. The average Bonchev–Trinajstić information content (AvgIpc) is 2.74. The summed E-state index contributed by atoms with van der Waals surface area (Å²) in [6.07, 6.45) is 5.35. The van der Waals surface area contributed by atoms with Crippen LogP contribution in [0, 0.1) is 29.6 Å². The Hall–Kier alpha value is -3.05. The van der Waals surface area contributed by atoms with Crippen LogP contribution in [0.4, 0.5) is 0 Å². The molecule has 4 heteroatoms. The van der Waals surface area contributed by atoms with E-state index in [1.807, 2.05) is 62.4 Å². The summed E-state index contributed by atoms with van der Waals surface area (Å²) in [7, 11) is 0. The Morgan fingerprint density at radius 2 is 1.41 bits per heavy atom. The predicted octanol–water partition coefficient (Wildman–Crippen LogP) is 3.90. The summed E-state index contributed by atoms with van der Waals surface area (Å²) in [6.45, 7) is 6.19. The lowest BCUT2D eigenvalue weighted by molar-refractivity contribution is -0.281. The third-order valence-corrected chi connectivity index (χ3v) is 4.70. The third kappa shape index (κ3) is 5.48. The Balaban J connectivity index is 1.55. The van der Waals surface area contributed by atoms with Gasteiger partial charge in [0.05, 0.1) is 13.2 Å². The van der Waals surface area contributed by atoms with Crippen molar-refractivity contribution in [1.29, 1.82) is 0 Å². The summed E-state index contributed by atoms with van der Waals surface area (Å²) in [6, 6.07) is 15.1. The van der Waals surface area contributed by atoms with Gasteiger partial charge in [-0.25, -0.2) is 0 Å². The minimum Gasteiger partial charge on any atom is -0.460 e. The van der Waals surface area contributed by atoms with Gasteiger partial charge in [0, 0.05) is 16.7 Å². The number of carbonyl (C=O) groups excluding carboxylic acids is 1. The van der Waals surface area contributed by atoms with Crippen molar-refractivity contribution in [2.24, 2.45) is 5.41 Å². The highest BCUT2D eigenvalue weighted by Crippen LogP contribution is 2.30. The zero-order valence-electron chi connectivity index (χ0n) is 17.0. The average molecular weight is 388 g/mol. The first-order valence-corrected chi connectivity index (χ1v) is 9.42. The Bertz CT molecular complexity index is 957. The van der Waals surface area contributed by atoms with Crippen molar-refractivity contribution in [2.45, 2.75) is 33.2 Å². The molecule has 1 fully saturated rings. The fourth-order valence-corrected chi connectivity index (χ4v) is 2.67. The number of terminal acetylenes is 1. The van der Waals surface area contributed by atoms with Gasteiger partial charge in [0.1, 0.15) is 12.0 Å². The highest BCUT2D eigenvalue weighted by atomic mass is 16.7. The zero-order chi connectivity index (χ0) is 20.9. The number of rotatable bonds is 3. The first-order valence-electron chi connectivity index (χ1n) is 9.42. The van der Waals surface area contributed by atoms with Crippen LogP contribution in [0.2, 0.25) is 0 Å². The van der Waals surface area contributed by atoms with E-state index in [0.717, 1.165) is 22.3 Å². The first kappa shape index (κ1) is 20.7. The van der Waals surface area contributed by atoms with Crippen molar-refractivity contribution in [2.75, 3.05) is 13.2 Å². The van der Waals surface area contributed by atoms with Gasteiger partial charge in [-0.1, -0.05) is 29.9 Å². The number of carbonyl (C=O) groups is 1. The van der Waals surface area contributed by atoms with E-state index >= 15 is 0 Å². The van der Waals surface area contributed by atoms with Gasteiger partial charge in [-0.05, 0) is 62.7 Å². The molecule has 0 aromatic heterocycles. The van der Waals surface area contributed by atoms with Crippen molar-refractivity contribution in [3.05, 3.63) is 70.8 Å². The molecule has 0 spiro atoms. The van der Waals surface area contributed by atoms with E-state index in [2.05, 4.69) is 17.8 Å². The molecule has 0 radical (unpaired) electrons. The molecule has 0 unspecified atom stereocenters. The lowest BCUT2D eigenvalue weighted by atomic mass is 9.92. The number of hydrogen-bond donors (Lipinski definition) is 0. The van der Waals surface area contributed by atoms with E-state index < -0.39 is 11.2 Å². The third-order valence-electron chi connectivity index (χ3n) is 4.70. The molecule has 1 aliphatic rings. The smallest absolute Gasteiger partial charge is 0.316 e. The van der Waals surface area contributed by atoms with Crippen LogP contribution in [-0.2, 0) is 25.6 Å². The Kier molecular flexibility index (Phi) is 6.09. The molecule has 0 amide bonds. The molecule has 29 heavy (non-hydrogen) atoms. The summed E-state index contributed by atoms with van der Waals surface area (Å²) in [5.41, 5.74) is 2.71. The fourth-order valence-electron chi connectivity index (χ4n) is 2.67. The summed E-state index contributed by atoms with van der Waals surface area (Å²) in [5.74, 6) is 7.81. The van der Waals surface area contributed by atoms with Crippen LogP contribution >= 0.6 is 0 Å². The van der Waals surface area contributed by atoms with Crippen LogP contribution in [0.1, 0.15) is 43.0 Å². The minimum absolute atomic E-state index is 0.194. The molecule has 3 rings (SSSR count). The molecule has 0 N–H and O–H groups in total. The SMILES string of the molecule is C#Cc1ccc(C#Cc2ccc(COC(=O)C3(C)COC(C)(C)OC3)cc2)cc1.